The molecular weight excluding hydrogens is 168 g/mol. The standard InChI is InChI=1S/C7H10N6/c1-12-3-5(2-11-12)6-7(8)13(9)4-10-6/h2-4H,8-9H2,1H3. The third-order valence-electron chi connectivity index (χ3n) is 1.81. The van der Waals surface area contributed by atoms with Crippen LogP contribution in [0.4, 0.5) is 5.82 Å². The zero-order chi connectivity index (χ0) is 9.42. The highest BCUT2D eigenvalue weighted by Gasteiger charge is 2.09. The Bertz CT molecular complexity index is 426. The van der Waals surface area contributed by atoms with Crippen LogP contribution in [0.15, 0.2) is 18.7 Å². The number of nitrogens with two attached hydrogens (primary N) is 2. The van der Waals surface area contributed by atoms with Gasteiger partial charge in [0.1, 0.15) is 12.0 Å². The number of aryl methyl sites for hydroxylation is 1. The molecule has 13 heavy (non-hydrogen) atoms. The number of hydrogen-bond donors (Lipinski definition) is 2. The summed E-state index contributed by atoms with van der Waals surface area (Å²) in [6, 6.07) is 0. The molecular formula is C7H10N6. The van der Waals surface area contributed by atoms with Crippen molar-refractivity contribution >= 4 is 5.82 Å². The van der Waals surface area contributed by atoms with Gasteiger partial charge in [-0.3, -0.25) is 4.68 Å². The van der Waals surface area contributed by atoms with E-state index in [1.165, 1.54) is 11.0 Å². The third-order valence-corrected chi connectivity index (χ3v) is 1.81. The van der Waals surface area contributed by atoms with Gasteiger partial charge >= 0.3 is 0 Å². The molecule has 2 rings (SSSR count). The van der Waals surface area contributed by atoms with Crippen molar-refractivity contribution < 1.29 is 0 Å². The maximum Gasteiger partial charge on any atom is 0.150 e. The van der Waals surface area contributed by atoms with Crippen molar-refractivity contribution in [2.24, 2.45) is 7.05 Å². The van der Waals surface area contributed by atoms with E-state index >= 15 is 0 Å². The topological polar surface area (TPSA) is 87.7 Å². The Labute approximate surface area is 74.7 Å². The van der Waals surface area contributed by atoms with E-state index in [4.69, 9.17) is 11.6 Å². The fourth-order valence-corrected chi connectivity index (χ4v) is 1.14. The van der Waals surface area contributed by atoms with E-state index in [9.17, 15) is 0 Å². The van der Waals surface area contributed by atoms with E-state index in [0.717, 1.165) is 5.56 Å². The molecule has 0 aromatic carbocycles. The second-order valence-corrected chi connectivity index (χ2v) is 2.79. The molecule has 0 saturated heterocycles. The lowest BCUT2D eigenvalue weighted by molar-refractivity contribution is 0.768. The van der Waals surface area contributed by atoms with Crippen molar-refractivity contribution in [2.45, 2.75) is 0 Å². The van der Waals surface area contributed by atoms with Crippen molar-refractivity contribution in [3.8, 4) is 11.3 Å². The van der Waals surface area contributed by atoms with Crippen LogP contribution in [0.1, 0.15) is 0 Å². The number of aromatic nitrogens is 4. The molecule has 0 amide bonds. The molecule has 0 unspecified atom stereocenters. The second-order valence-electron chi connectivity index (χ2n) is 2.79. The molecule has 6 nitrogen and oxygen atoms in total. The highest BCUT2D eigenvalue weighted by Crippen LogP contribution is 2.21. The predicted molar refractivity (Wildman–Crippen MR) is 49.0 cm³/mol. The number of imidazole rings is 1. The van der Waals surface area contributed by atoms with Crippen LogP contribution < -0.4 is 11.6 Å². The molecule has 4 N–H and O–H groups in total. The van der Waals surface area contributed by atoms with Crippen molar-refractivity contribution in [1.82, 2.24) is 19.4 Å². The van der Waals surface area contributed by atoms with Crippen molar-refractivity contribution in [3.05, 3.63) is 18.7 Å². The van der Waals surface area contributed by atoms with E-state index in [2.05, 4.69) is 10.1 Å². The first-order valence-corrected chi connectivity index (χ1v) is 3.75. The first-order valence-electron chi connectivity index (χ1n) is 3.75. The smallest absolute Gasteiger partial charge is 0.150 e. The lowest BCUT2D eigenvalue weighted by Crippen LogP contribution is -2.09. The van der Waals surface area contributed by atoms with Crippen molar-refractivity contribution in [1.29, 1.82) is 0 Å². The monoisotopic (exact) mass is 178 g/mol. The summed E-state index contributed by atoms with van der Waals surface area (Å²) in [6.45, 7) is 0. The van der Waals surface area contributed by atoms with Gasteiger partial charge in [0.25, 0.3) is 0 Å². The predicted octanol–water partition coefficient (Wildman–Crippen LogP) is -0.420. The fourth-order valence-electron chi connectivity index (χ4n) is 1.14. The molecule has 0 radical (unpaired) electrons. The minimum absolute atomic E-state index is 0.438. The van der Waals surface area contributed by atoms with E-state index in [1.807, 2.05) is 13.2 Å². The summed E-state index contributed by atoms with van der Waals surface area (Å²) in [5, 5.41) is 4.01. The summed E-state index contributed by atoms with van der Waals surface area (Å²) in [5.41, 5.74) is 7.21. The Morgan fingerprint density at radius 2 is 2.23 bits per heavy atom. The van der Waals surface area contributed by atoms with Crippen LogP contribution in [0.2, 0.25) is 0 Å². The summed E-state index contributed by atoms with van der Waals surface area (Å²) in [6.07, 6.45) is 5.00. The molecule has 0 fully saturated rings. The Morgan fingerprint density at radius 1 is 1.46 bits per heavy atom. The van der Waals surface area contributed by atoms with Gasteiger partial charge in [-0.05, 0) is 0 Å². The van der Waals surface area contributed by atoms with E-state index in [-0.39, 0.29) is 0 Å². The number of nitrogen functional groups attached to an aromatic ring is 2. The molecule has 0 aliphatic heterocycles. The van der Waals surface area contributed by atoms with Gasteiger partial charge in [-0.15, -0.1) is 0 Å². The van der Waals surface area contributed by atoms with Gasteiger partial charge in [0.05, 0.1) is 6.20 Å². The van der Waals surface area contributed by atoms with Crippen molar-refractivity contribution in [2.75, 3.05) is 11.6 Å². The molecule has 68 valence electrons. The summed E-state index contributed by atoms with van der Waals surface area (Å²) in [4.78, 5) is 4.06. The van der Waals surface area contributed by atoms with E-state index in [1.54, 1.807) is 10.9 Å². The maximum atomic E-state index is 5.68. The summed E-state index contributed by atoms with van der Waals surface area (Å²) < 4.78 is 2.96. The van der Waals surface area contributed by atoms with Gasteiger partial charge in [0, 0.05) is 18.8 Å². The normalized spacial score (nSPS) is 10.5. The zero-order valence-electron chi connectivity index (χ0n) is 7.18. The summed E-state index contributed by atoms with van der Waals surface area (Å²) in [5.74, 6) is 5.92. The Morgan fingerprint density at radius 3 is 2.69 bits per heavy atom. The molecule has 0 saturated carbocycles. The van der Waals surface area contributed by atoms with Gasteiger partial charge in [-0.1, -0.05) is 0 Å². The molecule has 0 spiro atoms. The van der Waals surface area contributed by atoms with Gasteiger partial charge in [-0.2, -0.15) is 5.10 Å². The highest BCUT2D eigenvalue weighted by molar-refractivity contribution is 5.69. The molecule has 2 aromatic rings. The number of hydrogen-bond acceptors (Lipinski definition) is 4. The van der Waals surface area contributed by atoms with Gasteiger partial charge < -0.3 is 11.6 Å². The molecule has 0 aliphatic carbocycles. The largest absolute Gasteiger partial charge is 0.382 e. The van der Waals surface area contributed by atoms with Crippen LogP contribution in [0.25, 0.3) is 11.3 Å². The number of rotatable bonds is 1. The number of nitrogens with zero attached hydrogens (tertiary/aromatic N) is 4. The Kier molecular flexibility index (Phi) is 1.48. The molecule has 2 heterocycles. The first kappa shape index (κ1) is 7.66. The van der Waals surface area contributed by atoms with Crippen molar-refractivity contribution in [3.63, 3.8) is 0 Å². The second kappa shape index (κ2) is 2.51. The van der Waals surface area contributed by atoms with E-state index in [0.29, 0.717) is 11.5 Å². The highest BCUT2D eigenvalue weighted by atomic mass is 15.3. The number of anilines is 1. The van der Waals surface area contributed by atoms with Crippen LogP contribution in [0.3, 0.4) is 0 Å². The molecule has 2 aromatic heterocycles. The zero-order valence-corrected chi connectivity index (χ0v) is 7.18. The quantitative estimate of drug-likeness (QED) is 0.580. The van der Waals surface area contributed by atoms with Crippen LogP contribution in [0, 0.1) is 0 Å². The first-order chi connectivity index (χ1) is 6.18. The average Bonchev–Trinajstić information content (AvgIpc) is 2.62. The van der Waals surface area contributed by atoms with E-state index < -0.39 is 0 Å². The minimum Gasteiger partial charge on any atom is -0.382 e. The molecule has 0 bridgehead atoms. The SMILES string of the molecule is Cn1cc(-c2ncn(N)c2N)cn1. The summed E-state index contributed by atoms with van der Waals surface area (Å²) in [7, 11) is 1.83. The van der Waals surface area contributed by atoms with Gasteiger partial charge in [0.15, 0.2) is 5.82 Å². The fraction of sp³-hybridized carbons (Fsp3) is 0.143. The van der Waals surface area contributed by atoms with Crippen LogP contribution >= 0.6 is 0 Å². The lowest BCUT2D eigenvalue weighted by Gasteiger charge is -1.95. The van der Waals surface area contributed by atoms with Crippen LogP contribution in [-0.2, 0) is 7.05 Å². The summed E-state index contributed by atoms with van der Waals surface area (Å²) >= 11 is 0. The van der Waals surface area contributed by atoms with Crippen LogP contribution in [0.5, 0.6) is 0 Å². The molecule has 6 heteroatoms. The Hall–Kier alpha value is -1.98. The Balaban J connectivity index is 2.52. The van der Waals surface area contributed by atoms with Gasteiger partial charge in [0.2, 0.25) is 0 Å². The maximum absolute atomic E-state index is 5.68. The minimum atomic E-state index is 0.438. The molecule has 0 aliphatic rings. The van der Waals surface area contributed by atoms with Crippen LogP contribution in [-0.4, -0.2) is 19.4 Å². The average molecular weight is 178 g/mol. The van der Waals surface area contributed by atoms with Gasteiger partial charge in [-0.25, -0.2) is 9.66 Å². The third kappa shape index (κ3) is 1.12. The lowest BCUT2D eigenvalue weighted by atomic mass is 10.2. The molecule has 0 atom stereocenters.